The molecule has 15 heavy (non-hydrogen) atoms. The number of nitrogens with two attached hydrogens (primary N) is 1. The Hall–Kier alpha value is 0.430. The standard InChI is InChI=1S/C11H15Br2N.ClH/c1-2-3-4-11(14)8-5-6-9(12)10(13)7-8;/h5-7,11H,2-4,14H2,1H3;1H/t11-;/m0./s1. The highest BCUT2D eigenvalue weighted by molar-refractivity contribution is 9.13. The van der Waals surface area contributed by atoms with E-state index in [1.807, 2.05) is 6.07 Å². The molecule has 2 N–H and O–H groups in total. The molecule has 0 amide bonds. The minimum atomic E-state index is 0. The van der Waals surface area contributed by atoms with Gasteiger partial charge in [-0.25, -0.2) is 0 Å². The summed E-state index contributed by atoms with van der Waals surface area (Å²) < 4.78 is 2.14. The van der Waals surface area contributed by atoms with Crippen molar-refractivity contribution in [3.63, 3.8) is 0 Å². The molecule has 1 nitrogen and oxygen atoms in total. The highest BCUT2D eigenvalue weighted by Gasteiger charge is 2.06. The summed E-state index contributed by atoms with van der Waals surface area (Å²) >= 11 is 6.92. The number of hydrogen-bond acceptors (Lipinski definition) is 1. The molecular formula is C11H16Br2ClN. The van der Waals surface area contributed by atoms with Crippen LogP contribution in [0.3, 0.4) is 0 Å². The molecule has 1 aromatic carbocycles. The molecule has 0 saturated carbocycles. The predicted octanol–water partition coefficient (Wildman–Crippen LogP) is 4.82. The molecule has 0 aromatic heterocycles. The van der Waals surface area contributed by atoms with Crippen LogP contribution in [0.15, 0.2) is 27.1 Å². The maximum atomic E-state index is 6.06. The second-order valence-electron chi connectivity index (χ2n) is 3.42. The van der Waals surface area contributed by atoms with Gasteiger partial charge in [0.05, 0.1) is 0 Å². The summed E-state index contributed by atoms with van der Waals surface area (Å²) in [5, 5.41) is 0. The topological polar surface area (TPSA) is 26.0 Å². The summed E-state index contributed by atoms with van der Waals surface area (Å²) in [6, 6.07) is 6.37. The van der Waals surface area contributed by atoms with Gasteiger partial charge in [-0.05, 0) is 56.0 Å². The first-order valence-corrected chi connectivity index (χ1v) is 6.44. The van der Waals surface area contributed by atoms with Gasteiger partial charge in [-0.3, -0.25) is 0 Å². The molecule has 0 aliphatic rings. The Bertz CT molecular complexity index is 305. The fourth-order valence-corrected chi connectivity index (χ4v) is 1.98. The molecule has 0 fully saturated rings. The summed E-state index contributed by atoms with van der Waals surface area (Å²) in [5.41, 5.74) is 7.27. The molecule has 0 saturated heterocycles. The minimum absolute atomic E-state index is 0. The van der Waals surface area contributed by atoms with Crippen LogP contribution in [0.5, 0.6) is 0 Å². The van der Waals surface area contributed by atoms with E-state index >= 15 is 0 Å². The van der Waals surface area contributed by atoms with Gasteiger partial charge in [-0.2, -0.15) is 0 Å². The quantitative estimate of drug-likeness (QED) is 0.821. The Labute approximate surface area is 114 Å². The molecule has 1 rings (SSSR count). The number of hydrogen-bond donors (Lipinski definition) is 1. The lowest BCUT2D eigenvalue weighted by Crippen LogP contribution is -2.09. The average Bonchev–Trinajstić information content (AvgIpc) is 2.18. The maximum Gasteiger partial charge on any atom is 0.0320 e. The van der Waals surface area contributed by atoms with Gasteiger partial charge in [0.15, 0.2) is 0 Å². The third-order valence-corrected chi connectivity index (χ3v) is 4.12. The second kappa shape index (κ2) is 7.66. The van der Waals surface area contributed by atoms with Crippen LogP contribution in [-0.2, 0) is 0 Å². The summed E-state index contributed by atoms with van der Waals surface area (Å²) in [4.78, 5) is 0. The van der Waals surface area contributed by atoms with Crippen LogP contribution in [0.2, 0.25) is 0 Å². The van der Waals surface area contributed by atoms with Crippen molar-refractivity contribution < 1.29 is 0 Å². The van der Waals surface area contributed by atoms with Gasteiger partial charge < -0.3 is 5.73 Å². The van der Waals surface area contributed by atoms with Crippen molar-refractivity contribution in [2.24, 2.45) is 5.73 Å². The molecule has 86 valence electrons. The fraction of sp³-hybridized carbons (Fsp3) is 0.455. The molecule has 0 radical (unpaired) electrons. The van der Waals surface area contributed by atoms with E-state index in [4.69, 9.17) is 5.73 Å². The molecule has 4 heteroatoms. The van der Waals surface area contributed by atoms with Crippen LogP contribution in [-0.4, -0.2) is 0 Å². The highest BCUT2D eigenvalue weighted by atomic mass is 79.9. The number of benzene rings is 1. The molecule has 1 atom stereocenters. The molecule has 0 unspecified atom stereocenters. The van der Waals surface area contributed by atoms with E-state index in [0.717, 1.165) is 15.4 Å². The SMILES string of the molecule is CCCC[C@H](N)c1ccc(Br)c(Br)c1.Cl. The van der Waals surface area contributed by atoms with E-state index in [1.165, 1.54) is 18.4 Å². The molecule has 0 bridgehead atoms. The van der Waals surface area contributed by atoms with E-state index in [-0.39, 0.29) is 18.4 Å². The van der Waals surface area contributed by atoms with Gasteiger partial charge in [0.25, 0.3) is 0 Å². The lowest BCUT2D eigenvalue weighted by molar-refractivity contribution is 0.603. The highest BCUT2D eigenvalue weighted by Crippen LogP contribution is 2.27. The van der Waals surface area contributed by atoms with E-state index in [0.29, 0.717) is 0 Å². The van der Waals surface area contributed by atoms with E-state index in [1.54, 1.807) is 0 Å². The molecule has 1 aromatic rings. The van der Waals surface area contributed by atoms with E-state index in [2.05, 4.69) is 50.9 Å². The molecule has 0 aliphatic carbocycles. The summed E-state index contributed by atoms with van der Waals surface area (Å²) in [5.74, 6) is 0. The van der Waals surface area contributed by atoms with Crippen LogP contribution in [0.25, 0.3) is 0 Å². The Kier molecular flexibility index (Phi) is 7.88. The predicted molar refractivity (Wildman–Crippen MR) is 75.5 cm³/mol. The lowest BCUT2D eigenvalue weighted by atomic mass is 10.0. The maximum absolute atomic E-state index is 6.06. The van der Waals surface area contributed by atoms with E-state index in [9.17, 15) is 0 Å². The van der Waals surface area contributed by atoms with Crippen molar-refractivity contribution in [3.8, 4) is 0 Å². The lowest BCUT2D eigenvalue weighted by Gasteiger charge is -2.12. The zero-order valence-corrected chi connectivity index (χ0v) is 12.7. The Morgan fingerprint density at radius 3 is 2.47 bits per heavy atom. The molecule has 0 aliphatic heterocycles. The van der Waals surface area contributed by atoms with Crippen LogP contribution in [0.4, 0.5) is 0 Å². The van der Waals surface area contributed by atoms with Gasteiger partial charge in [0.2, 0.25) is 0 Å². The molecular weight excluding hydrogens is 341 g/mol. The molecule has 0 heterocycles. The van der Waals surface area contributed by atoms with Crippen molar-refractivity contribution >= 4 is 44.3 Å². The van der Waals surface area contributed by atoms with Gasteiger partial charge in [-0.1, -0.05) is 25.8 Å². The minimum Gasteiger partial charge on any atom is -0.324 e. The van der Waals surface area contributed by atoms with Crippen molar-refractivity contribution in [1.29, 1.82) is 0 Å². The fourth-order valence-electron chi connectivity index (χ4n) is 1.33. The van der Waals surface area contributed by atoms with Crippen LogP contribution < -0.4 is 5.73 Å². The van der Waals surface area contributed by atoms with Crippen LogP contribution >= 0.6 is 44.3 Å². The first-order chi connectivity index (χ1) is 6.65. The van der Waals surface area contributed by atoms with Gasteiger partial charge in [0, 0.05) is 15.0 Å². The summed E-state index contributed by atoms with van der Waals surface area (Å²) in [6.45, 7) is 2.18. The first-order valence-electron chi connectivity index (χ1n) is 4.85. The van der Waals surface area contributed by atoms with Crippen molar-refractivity contribution in [2.45, 2.75) is 32.2 Å². The van der Waals surface area contributed by atoms with Crippen molar-refractivity contribution in [1.82, 2.24) is 0 Å². The Balaban J connectivity index is 0.00000196. The van der Waals surface area contributed by atoms with Gasteiger partial charge in [0.1, 0.15) is 0 Å². The van der Waals surface area contributed by atoms with Crippen molar-refractivity contribution in [3.05, 3.63) is 32.7 Å². The molecule has 0 spiro atoms. The Morgan fingerprint density at radius 2 is 1.93 bits per heavy atom. The zero-order chi connectivity index (χ0) is 10.6. The average molecular weight is 358 g/mol. The third-order valence-electron chi connectivity index (χ3n) is 2.24. The van der Waals surface area contributed by atoms with Crippen LogP contribution in [0, 0.1) is 0 Å². The normalized spacial score (nSPS) is 12.0. The third kappa shape index (κ3) is 4.85. The van der Waals surface area contributed by atoms with E-state index < -0.39 is 0 Å². The van der Waals surface area contributed by atoms with Crippen molar-refractivity contribution in [2.75, 3.05) is 0 Å². The smallest absolute Gasteiger partial charge is 0.0320 e. The number of halogens is 3. The largest absolute Gasteiger partial charge is 0.324 e. The van der Waals surface area contributed by atoms with Gasteiger partial charge >= 0.3 is 0 Å². The second-order valence-corrected chi connectivity index (χ2v) is 5.13. The zero-order valence-electron chi connectivity index (χ0n) is 8.67. The monoisotopic (exact) mass is 355 g/mol. The van der Waals surface area contributed by atoms with Crippen LogP contribution in [0.1, 0.15) is 37.8 Å². The Morgan fingerprint density at radius 1 is 1.27 bits per heavy atom. The van der Waals surface area contributed by atoms with Gasteiger partial charge in [-0.15, -0.1) is 12.4 Å². The number of rotatable bonds is 4. The first kappa shape index (κ1) is 15.4. The summed E-state index contributed by atoms with van der Waals surface area (Å²) in [6.07, 6.45) is 3.45. The summed E-state index contributed by atoms with van der Waals surface area (Å²) in [7, 11) is 0. The number of unbranched alkanes of at least 4 members (excludes halogenated alkanes) is 1.